The van der Waals surface area contributed by atoms with Crippen molar-refractivity contribution in [2.45, 2.75) is 49.3 Å². The average Bonchev–Trinajstić information content (AvgIpc) is 3.26. The SMILES string of the molecule is Cc1nn(C)cc1S(=O)(=O)N1c2c(C#N)cnn2[C@H](C(F)(F)F)C[C@H]1C1CC1. The van der Waals surface area contributed by atoms with Crippen LogP contribution in [0, 0.1) is 24.2 Å². The summed E-state index contributed by atoms with van der Waals surface area (Å²) in [6.07, 6.45) is -1.46. The van der Waals surface area contributed by atoms with E-state index < -0.39 is 34.7 Å². The standard InChI is InChI=1S/C16H17F3N6O2S/c1-9-13(8-23(2)22-9)28(26,27)25-12(10-3-4-10)5-14(16(17,18)19)24-15(25)11(6-20)7-21-24/h7-8,10,12,14H,3-5H2,1-2H3/t12-,14-/m0/s1. The van der Waals surface area contributed by atoms with E-state index in [0.717, 1.165) is 10.5 Å². The molecule has 28 heavy (non-hydrogen) atoms. The molecule has 0 amide bonds. The molecule has 2 aromatic rings. The first-order valence-electron chi connectivity index (χ1n) is 8.64. The highest BCUT2D eigenvalue weighted by Crippen LogP contribution is 2.50. The number of hydrogen-bond acceptors (Lipinski definition) is 5. The quantitative estimate of drug-likeness (QED) is 0.768. The third-order valence-corrected chi connectivity index (χ3v) is 7.13. The van der Waals surface area contributed by atoms with Gasteiger partial charge in [-0.05, 0) is 25.7 Å². The molecule has 1 aliphatic carbocycles. The molecular weight excluding hydrogens is 397 g/mol. The van der Waals surface area contributed by atoms with Gasteiger partial charge in [0.25, 0.3) is 10.0 Å². The van der Waals surface area contributed by atoms with Crippen molar-refractivity contribution in [1.82, 2.24) is 19.6 Å². The van der Waals surface area contributed by atoms with Gasteiger partial charge in [0.1, 0.15) is 16.5 Å². The number of rotatable bonds is 3. The number of halogens is 3. The fraction of sp³-hybridized carbons (Fsp3) is 0.562. The Morgan fingerprint density at radius 1 is 1.32 bits per heavy atom. The largest absolute Gasteiger partial charge is 0.410 e. The molecule has 0 unspecified atom stereocenters. The maximum absolute atomic E-state index is 13.7. The Hall–Kier alpha value is -2.55. The molecule has 150 valence electrons. The molecule has 1 saturated carbocycles. The number of sulfonamides is 1. The summed E-state index contributed by atoms with van der Waals surface area (Å²) < 4.78 is 71.0. The maximum Gasteiger partial charge on any atom is 0.410 e. The van der Waals surface area contributed by atoms with Gasteiger partial charge >= 0.3 is 6.18 Å². The van der Waals surface area contributed by atoms with E-state index in [1.165, 1.54) is 17.8 Å². The molecule has 0 spiro atoms. The molecule has 3 heterocycles. The molecule has 0 saturated heterocycles. The first kappa shape index (κ1) is 18.8. The number of anilines is 1. The van der Waals surface area contributed by atoms with E-state index in [4.69, 9.17) is 0 Å². The molecular formula is C16H17F3N6O2S. The molecule has 4 rings (SSSR count). The number of aromatic nitrogens is 4. The summed E-state index contributed by atoms with van der Waals surface area (Å²) in [6.45, 7) is 1.52. The summed E-state index contributed by atoms with van der Waals surface area (Å²) in [5.41, 5.74) is 0.0317. The number of nitrogens with zero attached hydrogens (tertiary/aromatic N) is 6. The van der Waals surface area contributed by atoms with Crippen LogP contribution in [0.25, 0.3) is 0 Å². The lowest BCUT2D eigenvalue weighted by atomic mass is 9.99. The Morgan fingerprint density at radius 3 is 2.50 bits per heavy atom. The smallest absolute Gasteiger partial charge is 0.274 e. The van der Waals surface area contributed by atoms with Crippen LogP contribution < -0.4 is 4.31 Å². The molecule has 2 aromatic heterocycles. The fourth-order valence-corrected chi connectivity index (χ4v) is 5.77. The monoisotopic (exact) mass is 414 g/mol. The van der Waals surface area contributed by atoms with Gasteiger partial charge in [0.15, 0.2) is 11.9 Å². The van der Waals surface area contributed by atoms with Gasteiger partial charge in [-0.2, -0.15) is 28.6 Å². The van der Waals surface area contributed by atoms with Crippen molar-refractivity contribution in [2.75, 3.05) is 4.31 Å². The minimum absolute atomic E-state index is 0.0947. The summed E-state index contributed by atoms with van der Waals surface area (Å²) >= 11 is 0. The Kier molecular flexibility index (Phi) is 4.01. The molecule has 8 nitrogen and oxygen atoms in total. The van der Waals surface area contributed by atoms with Gasteiger partial charge in [-0.15, -0.1) is 0 Å². The van der Waals surface area contributed by atoms with E-state index in [2.05, 4.69) is 10.2 Å². The molecule has 1 aliphatic heterocycles. The summed E-state index contributed by atoms with van der Waals surface area (Å²) in [7, 11) is -2.68. The number of fused-ring (bicyclic) bond motifs is 1. The van der Waals surface area contributed by atoms with Crippen molar-refractivity contribution in [3.05, 3.63) is 23.7 Å². The summed E-state index contributed by atoms with van der Waals surface area (Å²) in [4.78, 5) is -0.0947. The van der Waals surface area contributed by atoms with E-state index in [9.17, 15) is 26.9 Å². The van der Waals surface area contributed by atoms with Crippen molar-refractivity contribution in [3.8, 4) is 6.07 Å². The topological polar surface area (TPSA) is 96.8 Å². The number of nitriles is 1. The Labute approximate surface area is 159 Å². The van der Waals surface area contributed by atoms with Gasteiger partial charge in [-0.25, -0.2) is 17.4 Å². The molecule has 12 heteroatoms. The van der Waals surface area contributed by atoms with Crippen molar-refractivity contribution in [3.63, 3.8) is 0 Å². The molecule has 0 bridgehead atoms. The minimum Gasteiger partial charge on any atom is -0.274 e. The Bertz CT molecular complexity index is 1080. The highest BCUT2D eigenvalue weighted by molar-refractivity contribution is 7.93. The van der Waals surface area contributed by atoms with Crippen LogP contribution in [0.4, 0.5) is 19.0 Å². The third-order valence-electron chi connectivity index (χ3n) is 5.21. The van der Waals surface area contributed by atoms with Crippen molar-refractivity contribution < 1.29 is 21.6 Å². The van der Waals surface area contributed by atoms with E-state index >= 15 is 0 Å². The first-order valence-corrected chi connectivity index (χ1v) is 10.1. The highest BCUT2D eigenvalue weighted by Gasteiger charge is 2.55. The molecule has 2 atom stereocenters. The third kappa shape index (κ3) is 2.76. The van der Waals surface area contributed by atoms with Crippen LogP contribution in [0.5, 0.6) is 0 Å². The summed E-state index contributed by atoms with van der Waals surface area (Å²) in [6, 6.07) is -1.09. The lowest BCUT2D eigenvalue weighted by Gasteiger charge is -2.40. The number of aryl methyl sites for hydroxylation is 2. The maximum atomic E-state index is 13.7. The lowest BCUT2D eigenvalue weighted by Crippen LogP contribution is -2.50. The summed E-state index contributed by atoms with van der Waals surface area (Å²) in [5, 5.41) is 17.2. The Balaban J connectivity index is 1.95. The average molecular weight is 414 g/mol. The van der Waals surface area contributed by atoms with E-state index in [-0.39, 0.29) is 27.9 Å². The van der Waals surface area contributed by atoms with E-state index in [1.54, 1.807) is 13.1 Å². The second-order valence-electron chi connectivity index (χ2n) is 7.19. The zero-order valence-corrected chi connectivity index (χ0v) is 15.9. The van der Waals surface area contributed by atoms with Gasteiger partial charge in [0, 0.05) is 19.7 Å². The zero-order chi connectivity index (χ0) is 20.4. The van der Waals surface area contributed by atoms with Gasteiger partial charge < -0.3 is 0 Å². The first-order chi connectivity index (χ1) is 13.1. The number of alkyl halides is 3. The van der Waals surface area contributed by atoms with Gasteiger partial charge in [-0.3, -0.25) is 4.68 Å². The van der Waals surface area contributed by atoms with Crippen LogP contribution in [0.15, 0.2) is 17.3 Å². The zero-order valence-electron chi connectivity index (χ0n) is 15.0. The highest BCUT2D eigenvalue weighted by atomic mass is 32.2. The Morgan fingerprint density at radius 2 is 2.00 bits per heavy atom. The van der Waals surface area contributed by atoms with Crippen molar-refractivity contribution >= 4 is 15.8 Å². The normalized spacial score (nSPS) is 22.8. The molecule has 2 aliphatic rings. The fourth-order valence-electron chi connectivity index (χ4n) is 3.83. The van der Waals surface area contributed by atoms with Crippen LogP contribution in [-0.2, 0) is 17.1 Å². The molecule has 0 radical (unpaired) electrons. The molecule has 0 N–H and O–H groups in total. The molecule has 1 fully saturated rings. The van der Waals surface area contributed by atoms with Crippen LogP contribution in [-0.4, -0.2) is 40.2 Å². The van der Waals surface area contributed by atoms with Gasteiger partial charge in [0.05, 0.1) is 17.9 Å². The van der Waals surface area contributed by atoms with Crippen LogP contribution in [0.1, 0.15) is 36.6 Å². The molecule has 0 aromatic carbocycles. The van der Waals surface area contributed by atoms with Crippen molar-refractivity contribution in [2.24, 2.45) is 13.0 Å². The van der Waals surface area contributed by atoms with E-state index in [0.29, 0.717) is 17.5 Å². The predicted molar refractivity (Wildman–Crippen MR) is 90.8 cm³/mol. The summed E-state index contributed by atoms with van der Waals surface area (Å²) in [5.74, 6) is -0.511. The van der Waals surface area contributed by atoms with Gasteiger partial charge in [0.2, 0.25) is 0 Å². The van der Waals surface area contributed by atoms with Crippen LogP contribution in [0.2, 0.25) is 0 Å². The number of hydrogen-bond donors (Lipinski definition) is 0. The second-order valence-corrected chi connectivity index (χ2v) is 8.97. The van der Waals surface area contributed by atoms with Crippen LogP contribution >= 0.6 is 0 Å². The van der Waals surface area contributed by atoms with E-state index in [1.807, 2.05) is 0 Å². The predicted octanol–water partition coefficient (Wildman–Crippen LogP) is 2.28. The van der Waals surface area contributed by atoms with Gasteiger partial charge in [-0.1, -0.05) is 0 Å². The lowest BCUT2D eigenvalue weighted by molar-refractivity contribution is -0.174. The van der Waals surface area contributed by atoms with Crippen molar-refractivity contribution in [1.29, 1.82) is 5.26 Å². The second kappa shape index (κ2) is 5.97. The minimum atomic E-state index is -4.61. The van der Waals surface area contributed by atoms with Crippen LogP contribution in [0.3, 0.4) is 0 Å².